The van der Waals surface area contributed by atoms with Crippen molar-refractivity contribution in [2.24, 2.45) is 5.92 Å². The lowest BCUT2D eigenvalue weighted by molar-refractivity contribution is 0.110. The summed E-state index contributed by atoms with van der Waals surface area (Å²) in [6.45, 7) is 2.22. The van der Waals surface area contributed by atoms with E-state index in [1.54, 1.807) is 0 Å². The summed E-state index contributed by atoms with van der Waals surface area (Å²) >= 11 is 0. The molecule has 82 valence electrons. The molecule has 0 fully saturated rings. The Morgan fingerprint density at radius 1 is 1.36 bits per heavy atom. The van der Waals surface area contributed by atoms with E-state index in [1.807, 2.05) is 0 Å². The first-order valence-electron chi connectivity index (χ1n) is 6.19. The summed E-state index contributed by atoms with van der Waals surface area (Å²) in [6, 6.07) is 0. The third kappa shape index (κ3) is 4.28. The van der Waals surface area contributed by atoms with Gasteiger partial charge in [0.25, 0.3) is 0 Å². The van der Waals surface area contributed by atoms with E-state index in [-0.39, 0.29) is 6.10 Å². The molecule has 1 N–H and O–H groups in total. The number of allylic oxidation sites excluding steroid dienone is 1. The van der Waals surface area contributed by atoms with Crippen LogP contribution in [0.15, 0.2) is 12.2 Å². The van der Waals surface area contributed by atoms with E-state index in [0.717, 1.165) is 6.42 Å². The maximum atomic E-state index is 9.92. The first-order valence-corrected chi connectivity index (χ1v) is 6.19. The minimum absolute atomic E-state index is 0.0802. The minimum atomic E-state index is -0.0802. The van der Waals surface area contributed by atoms with Crippen LogP contribution in [0.25, 0.3) is 0 Å². The Morgan fingerprint density at radius 3 is 2.86 bits per heavy atom. The largest absolute Gasteiger partial charge is 0.393 e. The van der Waals surface area contributed by atoms with Gasteiger partial charge in [-0.25, -0.2) is 0 Å². The molecule has 0 radical (unpaired) electrons. The SMILES string of the molecule is CCCCCC[C@@H](O)[C@H]1C=CCCC1. The van der Waals surface area contributed by atoms with Crippen LogP contribution in [0.4, 0.5) is 0 Å². The zero-order valence-electron chi connectivity index (χ0n) is 9.41. The van der Waals surface area contributed by atoms with E-state index >= 15 is 0 Å². The average molecular weight is 196 g/mol. The second kappa shape index (κ2) is 7.05. The van der Waals surface area contributed by atoms with Gasteiger partial charge in [0, 0.05) is 5.92 Å². The summed E-state index contributed by atoms with van der Waals surface area (Å²) in [5.41, 5.74) is 0. The van der Waals surface area contributed by atoms with Crippen molar-refractivity contribution < 1.29 is 5.11 Å². The van der Waals surface area contributed by atoms with Crippen LogP contribution in [-0.4, -0.2) is 11.2 Å². The molecule has 1 aliphatic carbocycles. The highest BCUT2D eigenvalue weighted by Gasteiger charge is 2.17. The third-order valence-electron chi connectivity index (χ3n) is 3.14. The fraction of sp³-hybridized carbons (Fsp3) is 0.846. The molecule has 1 rings (SSSR count). The Balaban J connectivity index is 2.10. The highest BCUT2D eigenvalue weighted by atomic mass is 16.3. The van der Waals surface area contributed by atoms with Gasteiger partial charge in [0.15, 0.2) is 0 Å². The maximum absolute atomic E-state index is 9.92. The highest BCUT2D eigenvalue weighted by molar-refractivity contribution is 4.95. The molecule has 0 saturated carbocycles. The first-order chi connectivity index (χ1) is 6.84. The molecule has 0 spiro atoms. The summed E-state index contributed by atoms with van der Waals surface area (Å²) in [7, 11) is 0. The molecule has 0 unspecified atom stereocenters. The quantitative estimate of drug-likeness (QED) is 0.507. The van der Waals surface area contributed by atoms with Crippen molar-refractivity contribution in [3.63, 3.8) is 0 Å². The van der Waals surface area contributed by atoms with Crippen LogP contribution in [0.2, 0.25) is 0 Å². The minimum Gasteiger partial charge on any atom is -0.393 e. The molecular formula is C13H24O. The zero-order chi connectivity index (χ0) is 10.2. The fourth-order valence-electron chi connectivity index (χ4n) is 2.15. The number of hydrogen-bond acceptors (Lipinski definition) is 1. The van der Waals surface area contributed by atoms with Crippen LogP contribution >= 0.6 is 0 Å². The molecule has 0 aliphatic heterocycles. The molecule has 0 aromatic heterocycles. The van der Waals surface area contributed by atoms with Gasteiger partial charge in [-0.3, -0.25) is 0 Å². The Kier molecular flexibility index (Phi) is 5.93. The third-order valence-corrected chi connectivity index (χ3v) is 3.14. The number of rotatable bonds is 6. The Bertz CT molecular complexity index is 163. The second-order valence-electron chi connectivity index (χ2n) is 4.44. The van der Waals surface area contributed by atoms with E-state index < -0.39 is 0 Å². The molecule has 2 atom stereocenters. The number of aliphatic hydroxyl groups is 1. The molecule has 0 saturated heterocycles. The van der Waals surface area contributed by atoms with Gasteiger partial charge in [0.2, 0.25) is 0 Å². The molecule has 0 heterocycles. The van der Waals surface area contributed by atoms with Gasteiger partial charge < -0.3 is 5.11 Å². The average Bonchev–Trinajstić information content (AvgIpc) is 2.25. The standard InChI is InChI=1S/C13H24O/c1-2-3-4-8-11-13(14)12-9-6-5-7-10-12/h6,9,12-14H,2-5,7-8,10-11H2,1H3/t12-,13+/m0/s1. The molecular weight excluding hydrogens is 172 g/mol. The predicted molar refractivity (Wildman–Crippen MR) is 61.2 cm³/mol. The summed E-state index contributed by atoms with van der Waals surface area (Å²) in [5, 5.41) is 9.92. The van der Waals surface area contributed by atoms with Crippen molar-refractivity contribution in [2.45, 2.75) is 64.4 Å². The molecule has 14 heavy (non-hydrogen) atoms. The number of unbranched alkanes of at least 4 members (excludes halogenated alkanes) is 3. The summed E-state index contributed by atoms with van der Waals surface area (Å²) in [4.78, 5) is 0. The van der Waals surface area contributed by atoms with Gasteiger partial charge in [0.05, 0.1) is 6.10 Å². The molecule has 1 nitrogen and oxygen atoms in total. The van der Waals surface area contributed by atoms with Gasteiger partial charge in [-0.15, -0.1) is 0 Å². The number of hydrogen-bond donors (Lipinski definition) is 1. The molecule has 0 amide bonds. The van der Waals surface area contributed by atoms with E-state index in [1.165, 1.54) is 44.9 Å². The van der Waals surface area contributed by atoms with Crippen molar-refractivity contribution in [2.75, 3.05) is 0 Å². The van der Waals surface area contributed by atoms with Crippen LogP contribution in [-0.2, 0) is 0 Å². The van der Waals surface area contributed by atoms with E-state index in [4.69, 9.17) is 0 Å². The Hall–Kier alpha value is -0.300. The van der Waals surface area contributed by atoms with Gasteiger partial charge in [-0.2, -0.15) is 0 Å². The van der Waals surface area contributed by atoms with Crippen LogP contribution in [0.1, 0.15) is 58.3 Å². The van der Waals surface area contributed by atoms with E-state index in [0.29, 0.717) is 5.92 Å². The monoisotopic (exact) mass is 196 g/mol. The van der Waals surface area contributed by atoms with Crippen LogP contribution in [0.5, 0.6) is 0 Å². The van der Waals surface area contributed by atoms with Crippen molar-refractivity contribution in [3.05, 3.63) is 12.2 Å². The van der Waals surface area contributed by atoms with Crippen molar-refractivity contribution in [1.29, 1.82) is 0 Å². The fourth-order valence-corrected chi connectivity index (χ4v) is 2.15. The maximum Gasteiger partial charge on any atom is 0.0602 e. The van der Waals surface area contributed by atoms with Gasteiger partial charge >= 0.3 is 0 Å². The van der Waals surface area contributed by atoms with E-state index in [2.05, 4.69) is 19.1 Å². The summed E-state index contributed by atoms with van der Waals surface area (Å²) in [5.74, 6) is 0.449. The van der Waals surface area contributed by atoms with Crippen LogP contribution in [0, 0.1) is 5.92 Å². The lowest BCUT2D eigenvalue weighted by Gasteiger charge is -2.22. The summed E-state index contributed by atoms with van der Waals surface area (Å²) < 4.78 is 0. The normalized spacial score (nSPS) is 23.7. The molecule has 0 aromatic carbocycles. The highest BCUT2D eigenvalue weighted by Crippen LogP contribution is 2.23. The topological polar surface area (TPSA) is 20.2 Å². The lowest BCUT2D eigenvalue weighted by atomic mass is 9.88. The molecule has 0 aromatic rings. The van der Waals surface area contributed by atoms with Gasteiger partial charge in [0.1, 0.15) is 0 Å². The van der Waals surface area contributed by atoms with Crippen LogP contribution in [0.3, 0.4) is 0 Å². The first kappa shape index (κ1) is 11.8. The predicted octanol–water partition coefficient (Wildman–Crippen LogP) is 3.67. The van der Waals surface area contributed by atoms with Crippen molar-refractivity contribution in [1.82, 2.24) is 0 Å². The van der Waals surface area contributed by atoms with Crippen molar-refractivity contribution >= 4 is 0 Å². The molecule has 1 aliphatic rings. The number of aliphatic hydroxyl groups excluding tert-OH is 1. The molecule has 1 heteroatoms. The zero-order valence-corrected chi connectivity index (χ0v) is 9.41. The lowest BCUT2D eigenvalue weighted by Crippen LogP contribution is -2.19. The van der Waals surface area contributed by atoms with E-state index in [9.17, 15) is 5.11 Å². The Labute approximate surface area is 88.2 Å². The van der Waals surface area contributed by atoms with Crippen molar-refractivity contribution in [3.8, 4) is 0 Å². The Morgan fingerprint density at radius 2 is 2.21 bits per heavy atom. The van der Waals surface area contributed by atoms with Gasteiger partial charge in [-0.1, -0.05) is 44.8 Å². The molecule has 0 bridgehead atoms. The summed E-state index contributed by atoms with van der Waals surface area (Å²) in [6.07, 6.45) is 14.1. The van der Waals surface area contributed by atoms with Crippen LogP contribution < -0.4 is 0 Å². The van der Waals surface area contributed by atoms with Gasteiger partial charge in [-0.05, 0) is 25.7 Å². The smallest absolute Gasteiger partial charge is 0.0602 e. The second-order valence-corrected chi connectivity index (χ2v) is 4.44.